The summed E-state index contributed by atoms with van der Waals surface area (Å²) < 4.78 is 37.6. The van der Waals surface area contributed by atoms with Gasteiger partial charge in [0.2, 0.25) is 5.91 Å². The highest BCUT2D eigenvalue weighted by atomic mass is 19.4. The first-order chi connectivity index (χ1) is 12.7. The van der Waals surface area contributed by atoms with Crippen LogP contribution >= 0.6 is 0 Å². The number of hydrogen-bond acceptors (Lipinski definition) is 3. The summed E-state index contributed by atoms with van der Waals surface area (Å²) in [7, 11) is 0. The molecule has 2 aromatic carbocycles. The third-order valence-corrected chi connectivity index (χ3v) is 3.99. The van der Waals surface area contributed by atoms with Gasteiger partial charge in [-0.2, -0.15) is 23.3 Å². The summed E-state index contributed by atoms with van der Waals surface area (Å²) in [5, 5.41) is 7.80. The highest BCUT2D eigenvalue weighted by Crippen LogP contribution is 2.26. The first-order valence-corrected chi connectivity index (χ1v) is 8.15. The van der Waals surface area contributed by atoms with Gasteiger partial charge in [-0.3, -0.25) is 9.59 Å². The Morgan fingerprint density at radius 3 is 2.52 bits per heavy atom. The summed E-state index contributed by atoms with van der Waals surface area (Å²) in [6.45, 7) is 1.56. The van der Waals surface area contributed by atoms with Gasteiger partial charge in [0.1, 0.15) is 0 Å². The molecule has 0 radical (unpaired) electrons. The van der Waals surface area contributed by atoms with Crippen LogP contribution in [0.3, 0.4) is 0 Å². The highest BCUT2D eigenvalue weighted by Gasteiger charge is 2.39. The van der Waals surface area contributed by atoms with Crippen molar-refractivity contribution in [3.63, 3.8) is 0 Å². The van der Waals surface area contributed by atoms with E-state index < -0.39 is 30.3 Å². The molecular formula is C19H16F3N3O2. The van der Waals surface area contributed by atoms with Gasteiger partial charge in [0.15, 0.2) is 5.92 Å². The van der Waals surface area contributed by atoms with Gasteiger partial charge in [0, 0.05) is 5.69 Å². The summed E-state index contributed by atoms with van der Waals surface area (Å²) in [5.41, 5.74) is 1.06. The fourth-order valence-electron chi connectivity index (χ4n) is 2.83. The first-order valence-electron chi connectivity index (χ1n) is 8.15. The molecule has 1 atom stereocenters. The minimum atomic E-state index is -4.34. The Balaban J connectivity index is 1.74. The van der Waals surface area contributed by atoms with Crippen LogP contribution in [0.4, 0.5) is 24.5 Å². The molecule has 0 aliphatic carbocycles. The van der Waals surface area contributed by atoms with E-state index in [1.165, 1.54) is 24.3 Å². The van der Waals surface area contributed by atoms with Gasteiger partial charge in [0.25, 0.3) is 5.91 Å². The van der Waals surface area contributed by atoms with Gasteiger partial charge in [-0.05, 0) is 36.8 Å². The molecule has 8 heteroatoms. The number of carbonyl (C=O) groups excluding carboxylic acids is 2. The molecule has 1 aliphatic rings. The average molecular weight is 375 g/mol. The number of benzene rings is 2. The Labute approximate surface area is 153 Å². The van der Waals surface area contributed by atoms with Crippen LogP contribution in [-0.4, -0.2) is 23.7 Å². The molecule has 140 valence electrons. The van der Waals surface area contributed by atoms with Crippen LogP contribution in [0, 0.1) is 5.92 Å². The Kier molecular flexibility index (Phi) is 4.98. The van der Waals surface area contributed by atoms with Gasteiger partial charge < -0.3 is 5.32 Å². The van der Waals surface area contributed by atoms with Crippen molar-refractivity contribution in [3.8, 4) is 0 Å². The number of nitrogens with one attached hydrogen (secondary N) is 1. The molecule has 2 amide bonds. The van der Waals surface area contributed by atoms with E-state index in [2.05, 4.69) is 10.4 Å². The molecule has 1 N–H and O–H groups in total. The second-order valence-corrected chi connectivity index (χ2v) is 6.14. The molecule has 1 unspecified atom stereocenters. The second-order valence-electron chi connectivity index (χ2n) is 6.14. The van der Waals surface area contributed by atoms with Gasteiger partial charge in [-0.1, -0.05) is 30.3 Å². The standard InChI is InChI=1S/C19H16F3N3O2/c1-12-16(18(27)25(24-12)15-8-3-2-4-9-15)17(26)23-14-7-5-6-13(10-14)11-19(20,21)22/h2-10,16H,11H2,1H3,(H,23,26). The Hall–Kier alpha value is -3.16. The van der Waals surface area contributed by atoms with E-state index in [0.717, 1.165) is 5.01 Å². The lowest BCUT2D eigenvalue weighted by atomic mass is 10.0. The predicted octanol–water partition coefficient (Wildman–Crippen LogP) is 3.77. The normalized spacial score (nSPS) is 17.0. The minimum Gasteiger partial charge on any atom is -0.325 e. The van der Waals surface area contributed by atoms with Crippen molar-refractivity contribution in [1.82, 2.24) is 0 Å². The number of alkyl halides is 3. The molecule has 2 aromatic rings. The van der Waals surface area contributed by atoms with Crippen molar-refractivity contribution in [2.45, 2.75) is 19.5 Å². The molecule has 1 heterocycles. The third kappa shape index (κ3) is 4.33. The van der Waals surface area contributed by atoms with Gasteiger partial charge >= 0.3 is 6.18 Å². The van der Waals surface area contributed by atoms with Crippen LogP contribution in [0.2, 0.25) is 0 Å². The molecule has 0 fully saturated rings. The molecule has 0 aromatic heterocycles. The molecule has 0 spiro atoms. The summed E-state index contributed by atoms with van der Waals surface area (Å²) >= 11 is 0. The molecule has 0 bridgehead atoms. The highest BCUT2D eigenvalue weighted by molar-refractivity contribution is 6.28. The molecule has 0 saturated carbocycles. The Morgan fingerprint density at radius 1 is 1.15 bits per heavy atom. The summed E-state index contributed by atoms with van der Waals surface area (Å²) in [6, 6.07) is 14.1. The zero-order chi connectivity index (χ0) is 19.6. The van der Waals surface area contributed by atoms with Crippen molar-refractivity contribution in [1.29, 1.82) is 0 Å². The second kappa shape index (κ2) is 7.22. The molecular weight excluding hydrogens is 359 g/mol. The van der Waals surface area contributed by atoms with Gasteiger partial charge in [-0.25, -0.2) is 0 Å². The number of carbonyl (C=O) groups is 2. The Morgan fingerprint density at radius 2 is 1.85 bits per heavy atom. The molecule has 0 saturated heterocycles. The van der Waals surface area contributed by atoms with Gasteiger partial charge in [0.05, 0.1) is 17.8 Å². The van der Waals surface area contributed by atoms with E-state index in [1.807, 2.05) is 0 Å². The smallest absolute Gasteiger partial charge is 0.325 e. The van der Waals surface area contributed by atoms with Crippen LogP contribution in [0.15, 0.2) is 59.7 Å². The monoisotopic (exact) mass is 375 g/mol. The minimum absolute atomic E-state index is 0.0225. The average Bonchev–Trinajstić information content (AvgIpc) is 2.89. The Bertz CT molecular complexity index is 895. The van der Waals surface area contributed by atoms with Crippen molar-refractivity contribution in [3.05, 3.63) is 60.2 Å². The third-order valence-electron chi connectivity index (χ3n) is 3.99. The van der Waals surface area contributed by atoms with Crippen molar-refractivity contribution >= 4 is 28.9 Å². The first kappa shape index (κ1) is 18.6. The fourth-order valence-corrected chi connectivity index (χ4v) is 2.83. The quantitative estimate of drug-likeness (QED) is 0.827. The molecule has 5 nitrogen and oxygen atoms in total. The summed E-state index contributed by atoms with van der Waals surface area (Å²) in [4.78, 5) is 25.2. The lowest BCUT2D eigenvalue weighted by Gasteiger charge is -2.15. The molecule has 27 heavy (non-hydrogen) atoms. The van der Waals surface area contributed by atoms with Crippen LogP contribution in [-0.2, 0) is 16.0 Å². The van der Waals surface area contributed by atoms with E-state index >= 15 is 0 Å². The maximum atomic E-state index is 12.6. The fraction of sp³-hybridized carbons (Fsp3) is 0.211. The zero-order valence-electron chi connectivity index (χ0n) is 14.3. The summed E-state index contributed by atoms with van der Waals surface area (Å²) in [6.07, 6.45) is -5.44. The summed E-state index contributed by atoms with van der Waals surface area (Å²) in [5.74, 6) is -2.28. The van der Waals surface area contributed by atoms with E-state index in [1.54, 1.807) is 37.3 Å². The number of anilines is 2. The number of hydrazone groups is 1. The zero-order valence-corrected chi connectivity index (χ0v) is 14.3. The SMILES string of the molecule is CC1=NN(c2ccccc2)C(=O)C1C(=O)Nc1cccc(CC(F)(F)F)c1. The number of nitrogens with zero attached hydrogens (tertiary/aromatic N) is 2. The topological polar surface area (TPSA) is 61.8 Å². The number of halogens is 3. The van der Waals surface area contributed by atoms with Crippen LogP contribution in [0.1, 0.15) is 12.5 Å². The van der Waals surface area contributed by atoms with E-state index in [-0.39, 0.29) is 11.3 Å². The lowest BCUT2D eigenvalue weighted by Crippen LogP contribution is -2.36. The van der Waals surface area contributed by atoms with E-state index in [0.29, 0.717) is 11.4 Å². The largest absolute Gasteiger partial charge is 0.393 e. The number of hydrogen-bond donors (Lipinski definition) is 1. The van der Waals surface area contributed by atoms with Crippen LogP contribution < -0.4 is 10.3 Å². The van der Waals surface area contributed by atoms with Gasteiger partial charge in [-0.15, -0.1) is 0 Å². The number of amides is 2. The van der Waals surface area contributed by atoms with E-state index in [4.69, 9.17) is 0 Å². The molecule has 3 rings (SSSR count). The van der Waals surface area contributed by atoms with Crippen molar-refractivity contribution < 1.29 is 22.8 Å². The number of para-hydroxylation sites is 1. The van der Waals surface area contributed by atoms with Crippen LogP contribution in [0.5, 0.6) is 0 Å². The maximum absolute atomic E-state index is 12.6. The maximum Gasteiger partial charge on any atom is 0.393 e. The van der Waals surface area contributed by atoms with E-state index in [9.17, 15) is 22.8 Å². The lowest BCUT2D eigenvalue weighted by molar-refractivity contribution is -0.128. The number of rotatable bonds is 4. The van der Waals surface area contributed by atoms with Crippen molar-refractivity contribution in [2.24, 2.45) is 11.0 Å². The molecule has 1 aliphatic heterocycles. The predicted molar refractivity (Wildman–Crippen MR) is 95.4 cm³/mol. The van der Waals surface area contributed by atoms with Crippen LogP contribution in [0.25, 0.3) is 0 Å². The van der Waals surface area contributed by atoms with Crippen molar-refractivity contribution in [2.75, 3.05) is 10.3 Å².